The van der Waals surface area contributed by atoms with Crippen molar-refractivity contribution >= 4 is 40.7 Å². The van der Waals surface area contributed by atoms with Gasteiger partial charge in [-0.25, -0.2) is 0 Å². The normalized spacial score (nSPS) is 28.5. The summed E-state index contributed by atoms with van der Waals surface area (Å²) in [5, 5.41) is 10.9. The van der Waals surface area contributed by atoms with Crippen molar-refractivity contribution in [2.75, 3.05) is 36.1 Å². The van der Waals surface area contributed by atoms with E-state index in [-0.39, 0.29) is 37.4 Å². The fourth-order valence-corrected chi connectivity index (χ4v) is 8.14. The summed E-state index contributed by atoms with van der Waals surface area (Å²) in [6, 6.07) is 12.5. The number of anilines is 2. The Morgan fingerprint density at radius 2 is 1.76 bits per heavy atom. The maximum Gasteiger partial charge on any atom is 0.253 e. The van der Waals surface area contributed by atoms with Crippen molar-refractivity contribution in [2.45, 2.75) is 63.8 Å². The number of hydrogen-bond donors (Lipinski definition) is 1. The molecule has 7 atom stereocenters. The Morgan fingerprint density at radius 3 is 2.35 bits per heavy atom. The van der Waals surface area contributed by atoms with Crippen LogP contribution in [0.25, 0.3) is 0 Å². The molecular formula is C36H44ClN3O6. The van der Waals surface area contributed by atoms with Crippen LogP contribution in [0.15, 0.2) is 73.8 Å². The van der Waals surface area contributed by atoms with Crippen LogP contribution >= 0.6 is 11.6 Å². The second-order valence-electron chi connectivity index (χ2n) is 12.5. The summed E-state index contributed by atoms with van der Waals surface area (Å²) in [5.41, 5.74) is -1.22. The van der Waals surface area contributed by atoms with Crippen molar-refractivity contribution in [1.29, 1.82) is 0 Å². The predicted octanol–water partition coefficient (Wildman–Crippen LogP) is 5.26. The molecule has 3 amide bonds. The second kappa shape index (κ2) is 13.2. The molecule has 3 fully saturated rings. The molecule has 0 aliphatic carbocycles. The molecule has 3 aliphatic rings. The third-order valence-corrected chi connectivity index (χ3v) is 10.4. The summed E-state index contributed by atoms with van der Waals surface area (Å²) in [7, 11) is 0. The first-order chi connectivity index (χ1) is 22.0. The average molecular weight is 650 g/mol. The van der Waals surface area contributed by atoms with E-state index in [1.165, 1.54) is 9.80 Å². The van der Waals surface area contributed by atoms with Gasteiger partial charge in [0.15, 0.2) is 0 Å². The highest BCUT2D eigenvalue weighted by atomic mass is 35.5. The number of halogens is 1. The van der Waals surface area contributed by atoms with Crippen LogP contribution in [-0.2, 0) is 19.1 Å². The molecular weight excluding hydrogens is 606 g/mol. The number of rotatable bonds is 13. The van der Waals surface area contributed by atoms with Gasteiger partial charge >= 0.3 is 0 Å². The van der Waals surface area contributed by atoms with Crippen LogP contribution in [0, 0.1) is 17.8 Å². The number of aliphatic hydroxyl groups is 1. The standard InChI is InChI=1S/C36H44ClN3O6/c1-7-19-38(25-15-17-26(18-16-25)45-10-4)32(42)29-30-33(43)40(24(9-3)22-41)31(36(30)21-23(5)35(29,6)46-36)34(44)39(20-8-2)28-14-12-11-13-27(28)37/h7-8,11-18,23-24,29-31,41H,1-2,9-10,19-22H2,3-6H3/t23?,24-,29+,30-,31?,35-,36?/m0/s1. The molecule has 3 unspecified atom stereocenters. The topological polar surface area (TPSA) is 99.6 Å². The molecule has 1 N–H and O–H groups in total. The quantitative estimate of drug-likeness (QED) is 0.297. The molecule has 10 heteroatoms. The number of nitrogens with zero attached hydrogens (tertiary/aromatic N) is 3. The first-order valence-corrected chi connectivity index (χ1v) is 16.4. The Morgan fingerprint density at radius 1 is 1.11 bits per heavy atom. The molecule has 246 valence electrons. The number of fused-ring (bicyclic) bond motifs is 1. The summed E-state index contributed by atoms with van der Waals surface area (Å²) in [5.74, 6) is -2.35. The summed E-state index contributed by atoms with van der Waals surface area (Å²) in [6.45, 7) is 15.9. The van der Waals surface area contributed by atoms with Gasteiger partial charge in [0.05, 0.1) is 47.4 Å². The minimum absolute atomic E-state index is 0.137. The molecule has 0 radical (unpaired) electrons. The van der Waals surface area contributed by atoms with Gasteiger partial charge in [0.1, 0.15) is 17.4 Å². The largest absolute Gasteiger partial charge is 0.494 e. The predicted molar refractivity (Wildman–Crippen MR) is 179 cm³/mol. The molecule has 2 aromatic carbocycles. The monoisotopic (exact) mass is 649 g/mol. The lowest BCUT2D eigenvalue weighted by Gasteiger charge is -2.39. The van der Waals surface area contributed by atoms with Crippen molar-refractivity contribution in [3.8, 4) is 5.75 Å². The van der Waals surface area contributed by atoms with Crippen LogP contribution in [0.2, 0.25) is 5.02 Å². The molecule has 0 saturated carbocycles. The Bertz CT molecular complexity index is 1490. The van der Waals surface area contributed by atoms with Gasteiger partial charge in [-0.15, -0.1) is 13.2 Å². The van der Waals surface area contributed by atoms with E-state index in [9.17, 15) is 19.5 Å². The molecule has 2 bridgehead atoms. The fourth-order valence-electron chi connectivity index (χ4n) is 7.90. The van der Waals surface area contributed by atoms with Crippen molar-refractivity contribution in [1.82, 2.24) is 4.90 Å². The van der Waals surface area contributed by atoms with E-state index in [1.807, 2.05) is 39.8 Å². The van der Waals surface area contributed by atoms with Crippen LogP contribution in [0.4, 0.5) is 11.4 Å². The molecule has 9 nitrogen and oxygen atoms in total. The van der Waals surface area contributed by atoms with E-state index in [0.29, 0.717) is 41.6 Å². The third-order valence-electron chi connectivity index (χ3n) is 10.1. The average Bonchev–Trinajstić information content (AvgIpc) is 3.56. The van der Waals surface area contributed by atoms with Gasteiger partial charge in [-0.05, 0) is 69.0 Å². The number of carbonyl (C=O) groups excluding carboxylic acids is 3. The summed E-state index contributed by atoms with van der Waals surface area (Å²) in [6.07, 6.45) is 4.05. The number of amides is 3. The molecule has 0 aromatic heterocycles. The van der Waals surface area contributed by atoms with Crippen LogP contribution in [0.3, 0.4) is 0 Å². The molecule has 3 aliphatic heterocycles. The summed E-state index contributed by atoms with van der Waals surface area (Å²) < 4.78 is 12.6. The Kier molecular flexibility index (Phi) is 9.68. The van der Waals surface area contributed by atoms with Gasteiger partial charge in [0, 0.05) is 18.8 Å². The number of hydrogen-bond acceptors (Lipinski definition) is 6. The highest BCUT2D eigenvalue weighted by molar-refractivity contribution is 6.34. The van der Waals surface area contributed by atoms with E-state index >= 15 is 0 Å². The van der Waals surface area contributed by atoms with Gasteiger partial charge in [0.25, 0.3) is 5.91 Å². The lowest BCUT2D eigenvalue weighted by Crippen LogP contribution is -2.59. The van der Waals surface area contributed by atoms with E-state index in [1.54, 1.807) is 53.5 Å². The number of aliphatic hydroxyl groups excluding tert-OH is 1. The second-order valence-corrected chi connectivity index (χ2v) is 13.0. The van der Waals surface area contributed by atoms with E-state index in [4.69, 9.17) is 21.1 Å². The lowest BCUT2D eigenvalue weighted by atomic mass is 9.62. The zero-order valence-electron chi connectivity index (χ0n) is 27.0. The number of likely N-dealkylation sites (tertiary alicyclic amines) is 1. The highest BCUT2D eigenvalue weighted by Gasteiger charge is 2.80. The van der Waals surface area contributed by atoms with Crippen LogP contribution in [0.5, 0.6) is 5.75 Å². The van der Waals surface area contributed by atoms with Crippen LogP contribution < -0.4 is 14.5 Å². The van der Waals surface area contributed by atoms with Crippen LogP contribution in [-0.4, -0.2) is 77.3 Å². The number of benzene rings is 2. The lowest BCUT2D eigenvalue weighted by molar-refractivity contribution is -0.149. The summed E-state index contributed by atoms with van der Waals surface area (Å²) in [4.78, 5) is 49.0. The smallest absolute Gasteiger partial charge is 0.253 e. The maximum atomic E-state index is 14.9. The zero-order chi connectivity index (χ0) is 33.4. The van der Waals surface area contributed by atoms with Crippen molar-refractivity contribution in [3.05, 3.63) is 78.9 Å². The van der Waals surface area contributed by atoms with Crippen molar-refractivity contribution < 1.29 is 29.0 Å². The third kappa shape index (κ3) is 5.22. The molecule has 1 spiro atoms. The summed E-state index contributed by atoms with van der Waals surface area (Å²) >= 11 is 6.59. The van der Waals surface area contributed by atoms with Crippen molar-refractivity contribution in [3.63, 3.8) is 0 Å². The first kappa shape index (κ1) is 33.7. The molecule has 5 rings (SSSR count). The maximum absolute atomic E-state index is 14.9. The Labute approximate surface area is 276 Å². The zero-order valence-corrected chi connectivity index (χ0v) is 27.8. The van der Waals surface area contributed by atoms with Crippen molar-refractivity contribution in [2.24, 2.45) is 17.8 Å². The van der Waals surface area contributed by atoms with E-state index < -0.39 is 41.0 Å². The first-order valence-electron chi connectivity index (χ1n) is 16.0. The minimum atomic E-state index is -1.30. The van der Waals surface area contributed by atoms with E-state index in [2.05, 4.69) is 13.2 Å². The number of carbonyl (C=O) groups is 3. The Hall–Kier alpha value is -3.66. The van der Waals surface area contributed by atoms with Gasteiger partial charge in [-0.3, -0.25) is 14.4 Å². The van der Waals surface area contributed by atoms with E-state index in [0.717, 1.165) is 0 Å². The van der Waals surface area contributed by atoms with Crippen LogP contribution in [0.1, 0.15) is 40.5 Å². The fraction of sp³-hybridized carbons (Fsp3) is 0.472. The molecule has 3 heterocycles. The molecule has 3 saturated heterocycles. The van der Waals surface area contributed by atoms with Gasteiger partial charge in [0.2, 0.25) is 11.8 Å². The van der Waals surface area contributed by atoms with Gasteiger partial charge < -0.3 is 29.3 Å². The van der Waals surface area contributed by atoms with Gasteiger partial charge in [-0.1, -0.05) is 49.7 Å². The minimum Gasteiger partial charge on any atom is -0.494 e. The molecule has 2 aromatic rings. The highest BCUT2D eigenvalue weighted by Crippen LogP contribution is 2.66. The molecule has 46 heavy (non-hydrogen) atoms. The Balaban J connectivity index is 1.63. The SMILES string of the molecule is C=CCN(C(=O)[C@H]1[C@H]2C(=O)N([C@@H](CC)CO)C(C(=O)N(CC=C)c3ccccc3Cl)C23CC(C)[C@]1(C)O3)c1ccc(OCC)cc1. The van der Waals surface area contributed by atoms with Gasteiger partial charge in [-0.2, -0.15) is 0 Å². The number of para-hydroxylation sites is 1. The number of ether oxygens (including phenoxy) is 2.